The fraction of sp³-hybridized carbons (Fsp3) is 0.105. The van der Waals surface area contributed by atoms with Crippen molar-refractivity contribution in [2.75, 3.05) is 6.61 Å². The molecule has 0 radical (unpaired) electrons. The van der Waals surface area contributed by atoms with Crippen molar-refractivity contribution in [3.8, 4) is 39.7 Å². The molecule has 0 aliphatic carbocycles. The summed E-state index contributed by atoms with van der Waals surface area (Å²) >= 11 is 0. The summed E-state index contributed by atoms with van der Waals surface area (Å²) in [5.41, 5.74) is 3.52. The molecule has 11 heteroatoms. The SMILES string of the molecule is CCOc1cc(-c2cccc(-c3nnn[nH]3)c2)ccc1-c1nc2[nH]nnc2c(=O)[nH]1. The standard InChI is InChI=1S/C19H15N9O2/c1-2-30-14-9-11(10-4-3-5-12(8-10)16-23-27-28-24-16)6-7-13(14)17-20-18-15(19(29)21-17)22-26-25-18/h3-9H,2H2,1H3,(H,23,24,27,28)(H2,20,21,22,25,26,29). The summed E-state index contributed by atoms with van der Waals surface area (Å²) in [4.78, 5) is 19.4. The number of nitrogens with zero attached hydrogens (tertiary/aromatic N) is 6. The van der Waals surface area contributed by atoms with Crippen LogP contribution in [-0.4, -0.2) is 52.6 Å². The number of ether oxygens (including phenoxy) is 1. The van der Waals surface area contributed by atoms with E-state index in [1.54, 1.807) is 0 Å². The first-order valence-electron chi connectivity index (χ1n) is 9.16. The van der Waals surface area contributed by atoms with Gasteiger partial charge in [-0.15, -0.1) is 10.2 Å². The van der Waals surface area contributed by atoms with Crippen molar-refractivity contribution >= 4 is 11.2 Å². The second-order valence-corrected chi connectivity index (χ2v) is 6.40. The lowest BCUT2D eigenvalue weighted by Gasteiger charge is -2.12. The summed E-state index contributed by atoms with van der Waals surface area (Å²) in [5.74, 6) is 1.55. The fourth-order valence-electron chi connectivity index (χ4n) is 3.19. The lowest BCUT2D eigenvalue weighted by molar-refractivity contribution is 0.341. The third-order valence-corrected chi connectivity index (χ3v) is 4.55. The largest absolute Gasteiger partial charge is 0.493 e. The number of rotatable bonds is 5. The van der Waals surface area contributed by atoms with E-state index in [0.717, 1.165) is 16.7 Å². The van der Waals surface area contributed by atoms with Crippen molar-refractivity contribution in [3.63, 3.8) is 0 Å². The van der Waals surface area contributed by atoms with Gasteiger partial charge in [0.05, 0.1) is 12.2 Å². The van der Waals surface area contributed by atoms with Crippen LogP contribution in [-0.2, 0) is 0 Å². The molecule has 5 aromatic rings. The van der Waals surface area contributed by atoms with E-state index in [9.17, 15) is 4.79 Å². The molecule has 11 nitrogen and oxygen atoms in total. The van der Waals surface area contributed by atoms with Gasteiger partial charge in [0, 0.05) is 5.56 Å². The third-order valence-electron chi connectivity index (χ3n) is 4.55. The van der Waals surface area contributed by atoms with Gasteiger partial charge in [-0.25, -0.2) is 15.2 Å². The molecule has 0 spiro atoms. The molecule has 5 rings (SSSR count). The average Bonchev–Trinajstić information content (AvgIpc) is 3.46. The zero-order valence-corrected chi connectivity index (χ0v) is 15.7. The Bertz CT molecular complexity index is 1390. The maximum atomic E-state index is 12.3. The van der Waals surface area contributed by atoms with Gasteiger partial charge in [0.1, 0.15) is 11.6 Å². The molecular formula is C19H15N9O2. The Morgan fingerprint density at radius 1 is 0.933 bits per heavy atom. The van der Waals surface area contributed by atoms with E-state index in [0.29, 0.717) is 35.2 Å². The number of fused-ring (bicyclic) bond motifs is 1. The van der Waals surface area contributed by atoms with Crippen molar-refractivity contribution in [2.24, 2.45) is 0 Å². The van der Waals surface area contributed by atoms with Crippen LogP contribution in [0.3, 0.4) is 0 Å². The van der Waals surface area contributed by atoms with Crippen LogP contribution in [0.2, 0.25) is 0 Å². The molecule has 3 N–H and O–H groups in total. The van der Waals surface area contributed by atoms with Gasteiger partial charge < -0.3 is 9.72 Å². The number of aromatic nitrogens is 9. The molecule has 148 valence electrons. The second-order valence-electron chi connectivity index (χ2n) is 6.40. The van der Waals surface area contributed by atoms with Crippen LogP contribution in [0.1, 0.15) is 6.92 Å². The lowest BCUT2D eigenvalue weighted by Crippen LogP contribution is -2.10. The predicted octanol–water partition coefficient (Wildman–Crippen LogP) is 1.95. The molecule has 0 atom stereocenters. The van der Waals surface area contributed by atoms with Gasteiger partial charge in [0.25, 0.3) is 5.56 Å². The Morgan fingerprint density at radius 3 is 2.63 bits per heavy atom. The minimum Gasteiger partial charge on any atom is -0.493 e. The predicted molar refractivity (Wildman–Crippen MR) is 108 cm³/mol. The van der Waals surface area contributed by atoms with Gasteiger partial charge in [0.15, 0.2) is 17.0 Å². The molecule has 0 aliphatic heterocycles. The van der Waals surface area contributed by atoms with Crippen molar-refractivity contribution in [1.82, 2.24) is 46.0 Å². The highest BCUT2D eigenvalue weighted by molar-refractivity contribution is 5.77. The summed E-state index contributed by atoms with van der Waals surface area (Å²) in [6.45, 7) is 2.35. The summed E-state index contributed by atoms with van der Waals surface area (Å²) in [5, 5.41) is 24.0. The first kappa shape index (κ1) is 17.7. The Hall–Kier alpha value is -4.41. The van der Waals surface area contributed by atoms with Crippen LogP contribution in [0.15, 0.2) is 47.3 Å². The number of hydrogen-bond donors (Lipinski definition) is 3. The quantitative estimate of drug-likeness (QED) is 0.404. The summed E-state index contributed by atoms with van der Waals surface area (Å²) in [6, 6.07) is 13.5. The molecule has 3 heterocycles. The topological polar surface area (TPSA) is 151 Å². The molecule has 0 unspecified atom stereocenters. The van der Waals surface area contributed by atoms with Gasteiger partial charge in [-0.2, -0.15) is 0 Å². The normalized spacial score (nSPS) is 11.1. The van der Waals surface area contributed by atoms with Crippen LogP contribution in [0, 0.1) is 0 Å². The number of hydrogen-bond acceptors (Lipinski definition) is 8. The number of benzene rings is 2. The van der Waals surface area contributed by atoms with Gasteiger partial charge >= 0.3 is 0 Å². The maximum absolute atomic E-state index is 12.3. The molecule has 3 aromatic heterocycles. The van der Waals surface area contributed by atoms with Crippen LogP contribution in [0.25, 0.3) is 45.1 Å². The minimum absolute atomic E-state index is 0.159. The number of aromatic amines is 3. The molecular weight excluding hydrogens is 386 g/mol. The Balaban J connectivity index is 1.60. The lowest BCUT2D eigenvalue weighted by atomic mass is 10.0. The maximum Gasteiger partial charge on any atom is 0.281 e. The zero-order valence-electron chi connectivity index (χ0n) is 15.7. The molecule has 0 saturated carbocycles. The van der Waals surface area contributed by atoms with Gasteiger partial charge in [-0.3, -0.25) is 4.79 Å². The van der Waals surface area contributed by atoms with E-state index in [2.05, 4.69) is 46.0 Å². The highest BCUT2D eigenvalue weighted by Gasteiger charge is 2.14. The van der Waals surface area contributed by atoms with Gasteiger partial charge in [-0.05, 0) is 46.7 Å². The van der Waals surface area contributed by atoms with E-state index < -0.39 is 0 Å². The Kier molecular flexibility index (Phi) is 4.24. The van der Waals surface area contributed by atoms with Gasteiger partial charge in [-0.1, -0.05) is 29.5 Å². The number of nitrogens with one attached hydrogen (secondary N) is 3. The second kappa shape index (κ2) is 7.20. The van der Waals surface area contributed by atoms with Crippen LogP contribution < -0.4 is 10.3 Å². The van der Waals surface area contributed by atoms with Crippen molar-refractivity contribution < 1.29 is 4.74 Å². The monoisotopic (exact) mass is 401 g/mol. The van der Waals surface area contributed by atoms with Gasteiger partial charge in [0.2, 0.25) is 0 Å². The van der Waals surface area contributed by atoms with Crippen LogP contribution in [0.5, 0.6) is 5.75 Å². The average molecular weight is 401 g/mol. The molecule has 0 saturated heterocycles. The highest BCUT2D eigenvalue weighted by atomic mass is 16.5. The first-order chi connectivity index (χ1) is 14.7. The number of H-pyrrole nitrogens is 3. The van der Waals surface area contributed by atoms with E-state index in [4.69, 9.17) is 4.74 Å². The highest BCUT2D eigenvalue weighted by Crippen LogP contribution is 2.33. The van der Waals surface area contributed by atoms with Crippen molar-refractivity contribution in [3.05, 3.63) is 52.8 Å². The van der Waals surface area contributed by atoms with Crippen LogP contribution >= 0.6 is 0 Å². The smallest absolute Gasteiger partial charge is 0.281 e. The number of tetrazole rings is 1. The van der Waals surface area contributed by atoms with Crippen LogP contribution in [0.4, 0.5) is 0 Å². The summed E-state index contributed by atoms with van der Waals surface area (Å²) in [6.07, 6.45) is 0. The van der Waals surface area contributed by atoms with E-state index in [1.807, 2.05) is 49.4 Å². The molecule has 0 bridgehead atoms. The third kappa shape index (κ3) is 3.07. The van der Waals surface area contributed by atoms with E-state index in [-0.39, 0.29) is 11.1 Å². The summed E-state index contributed by atoms with van der Waals surface area (Å²) < 4.78 is 5.85. The molecule has 0 aliphatic rings. The first-order valence-corrected chi connectivity index (χ1v) is 9.16. The van der Waals surface area contributed by atoms with Crippen molar-refractivity contribution in [2.45, 2.75) is 6.92 Å². The molecule has 30 heavy (non-hydrogen) atoms. The molecule has 0 amide bonds. The Labute approximate surface area is 168 Å². The zero-order chi connectivity index (χ0) is 20.5. The Morgan fingerprint density at radius 2 is 1.80 bits per heavy atom. The van der Waals surface area contributed by atoms with Crippen molar-refractivity contribution in [1.29, 1.82) is 0 Å². The summed E-state index contributed by atoms with van der Waals surface area (Å²) in [7, 11) is 0. The minimum atomic E-state index is -0.372. The molecule has 2 aromatic carbocycles. The fourth-order valence-corrected chi connectivity index (χ4v) is 3.19. The molecule has 0 fully saturated rings. The van der Waals surface area contributed by atoms with E-state index in [1.165, 1.54) is 0 Å². The van der Waals surface area contributed by atoms with E-state index >= 15 is 0 Å².